The molecule has 1 aromatic carbocycles. The van der Waals surface area contributed by atoms with E-state index in [1.165, 1.54) is 10.7 Å². The molecule has 0 fully saturated rings. The molecule has 0 saturated carbocycles. The number of methoxy groups -OCH3 is 1. The fourth-order valence-electron chi connectivity index (χ4n) is 1.15. The van der Waals surface area contributed by atoms with Gasteiger partial charge < -0.3 is 10.1 Å². The van der Waals surface area contributed by atoms with Crippen LogP contribution in [0.15, 0.2) is 24.3 Å². The highest BCUT2D eigenvalue weighted by molar-refractivity contribution is 14.1. The highest BCUT2D eigenvalue weighted by Gasteiger charge is 2.12. The molecule has 1 unspecified atom stereocenters. The lowest BCUT2D eigenvalue weighted by molar-refractivity contribution is -0.144. The second-order valence-electron chi connectivity index (χ2n) is 3.32. The average molecular weight is 319 g/mol. The zero-order valence-electron chi connectivity index (χ0n) is 8.79. The number of hydrogen-bond donors (Lipinski definition) is 1. The van der Waals surface area contributed by atoms with Crippen LogP contribution in [0.5, 0.6) is 0 Å². The monoisotopic (exact) mass is 319 g/mol. The minimum Gasteiger partial charge on any atom is -0.469 e. The van der Waals surface area contributed by atoms with Gasteiger partial charge >= 0.3 is 5.97 Å². The predicted molar refractivity (Wildman–Crippen MR) is 68.8 cm³/mol. The Morgan fingerprint density at radius 1 is 1.60 bits per heavy atom. The maximum atomic E-state index is 11.1. The molecule has 1 N–H and O–H groups in total. The Hall–Kier alpha value is -0.780. The first-order chi connectivity index (χ1) is 7.13. The minimum atomic E-state index is -0.187. The molecule has 0 aromatic heterocycles. The Bertz CT molecular complexity index is 341. The number of nitrogens with one attached hydrogen (secondary N) is 1. The third-order valence-electron chi connectivity index (χ3n) is 2.04. The fourth-order valence-corrected chi connectivity index (χ4v) is 1.70. The summed E-state index contributed by atoms with van der Waals surface area (Å²) in [6, 6.07) is 8.01. The van der Waals surface area contributed by atoms with E-state index < -0.39 is 0 Å². The van der Waals surface area contributed by atoms with Crippen LogP contribution in [-0.2, 0) is 9.53 Å². The summed E-state index contributed by atoms with van der Waals surface area (Å²) in [5, 5.41) is 3.19. The number of benzene rings is 1. The van der Waals surface area contributed by atoms with Gasteiger partial charge in [-0.3, -0.25) is 4.79 Å². The molecule has 0 radical (unpaired) electrons. The Morgan fingerprint density at radius 2 is 2.33 bits per heavy atom. The lowest BCUT2D eigenvalue weighted by Crippen LogP contribution is -2.21. The molecule has 15 heavy (non-hydrogen) atoms. The zero-order chi connectivity index (χ0) is 11.3. The fraction of sp³-hybridized carbons (Fsp3) is 0.364. The number of halogens is 1. The van der Waals surface area contributed by atoms with Crippen LogP contribution < -0.4 is 5.32 Å². The van der Waals surface area contributed by atoms with Crippen molar-refractivity contribution in [1.29, 1.82) is 0 Å². The zero-order valence-corrected chi connectivity index (χ0v) is 10.9. The smallest absolute Gasteiger partial charge is 0.310 e. The number of carbonyl (C=O) groups excluding carboxylic acids is 1. The van der Waals surface area contributed by atoms with Gasteiger partial charge in [-0.05, 0) is 40.8 Å². The second-order valence-corrected chi connectivity index (χ2v) is 4.56. The van der Waals surface area contributed by atoms with Crippen molar-refractivity contribution >= 4 is 34.2 Å². The van der Waals surface area contributed by atoms with Gasteiger partial charge in [-0.25, -0.2) is 0 Å². The van der Waals surface area contributed by atoms with Crippen molar-refractivity contribution < 1.29 is 9.53 Å². The molecule has 0 aliphatic heterocycles. The van der Waals surface area contributed by atoms with E-state index in [2.05, 4.69) is 32.6 Å². The van der Waals surface area contributed by atoms with Crippen molar-refractivity contribution in [3.63, 3.8) is 0 Å². The molecule has 4 heteroatoms. The molecule has 0 spiro atoms. The summed E-state index contributed by atoms with van der Waals surface area (Å²) in [6.45, 7) is 2.43. The first kappa shape index (κ1) is 12.3. The summed E-state index contributed by atoms with van der Waals surface area (Å²) in [5.74, 6) is -0.319. The normalized spacial score (nSPS) is 11.9. The molecule has 0 amide bonds. The highest BCUT2D eigenvalue weighted by atomic mass is 127. The van der Waals surface area contributed by atoms with E-state index in [4.69, 9.17) is 0 Å². The van der Waals surface area contributed by atoms with E-state index in [9.17, 15) is 4.79 Å². The van der Waals surface area contributed by atoms with E-state index in [1.807, 2.05) is 31.2 Å². The van der Waals surface area contributed by atoms with Gasteiger partial charge in [-0.1, -0.05) is 13.0 Å². The number of anilines is 1. The third kappa shape index (κ3) is 4.07. The van der Waals surface area contributed by atoms with E-state index in [0.29, 0.717) is 6.54 Å². The molecule has 0 saturated heterocycles. The third-order valence-corrected chi connectivity index (χ3v) is 2.71. The van der Waals surface area contributed by atoms with E-state index >= 15 is 0 Å². The van der Waals surface area contributed by atoms with Gasteiger partial charge in [0.05, 0.1) is 13.0 Å². The van der Waals surface area contributed by atoms with Gasteiger partial charge in [-0.2, -0.15) is 0 Å². The van der Waals surface area contributed by atoms with E-state index in [0.717, 1.165) is 5.69 Å². The van der Waals surface area contributed by atoms with Crippen LogP contribution >= 0.6 is 22.6 Å². The van der Waals surface area contributed by atoms with Crippen LogP contribution in [0.3, 0.4) is 0 Å². The lowest BCUT2D eigenvalue weighted by Gasteiger charge is -2.11. The number of ether oxygens (including phenoxy) is 1. The van der Waals surface area contributed by atoms with Gasteiger partial charge in [0.15, 0.2) is 0 Å². The number of carbonyl (C=O) groups is 1. The summed E-state index contributed by atoms with van der Waals surface area (Å²) < 4.78 is 5.81. The first-order valence-corrected chi connectivity index (χ1v) is 5.78. The molecular weight excluding hydrogens is 305 g/mol. The van der Waals surface area contributed by atoms with Crippen LogP contribution in [-0.4, -0.2) is 19.6 Å². The Morgan fingerprint density at radius 3 is 2.93 bits per heavy atom. The maximum absolute atomic E-state index is 11.1. The number of esters is 1. The Kier molecular flexibility index (Phi) is 4.87. The van der Waals surface area contributed by atoms with Crippen molar-refractivity contribution in [3.8, 4) is 0 Å². The predicted octanol–water partition coefficient (Wildman–Crippen LogP) is 2.51. The molecule has 1 atom stereocenters. The summed E-state index contributed by atoms with van der Waals surface area (Å²) in [4.78, 5) is 11.1. The topological polar surface area (TPSA) is 38.3 Å². The highest BCUT2D eigenvalue weighted by Crippen LogP contribution is 2.12. The quantitative estimate of drug-likeness (QED) is 0.685. The standard InChI is InChI=1S/C11H14INO2/c1-8(11(14)15-2)7-13-10-5-3-4-9(12)6-10/h3-6,8,13H,7H2,1-2H3. The molecule has 1 aromatic rings. The van der Waals surface area contributed by atoms with Crippen molar-refractivity contribution in [3.05, 3.63) is 27.8 Å². The number of hydrogen-bond acceptors (Lipinski definition) is 3. The molecule has 0 aliphatic rings. The first-order valence-electron chi connectivity index (χ1n) is 4.70. The van der Waals surface area contributed by atoms with Crippen molar-refractivity contribution in [1.82, 2.24) is 0 Å². The molecule has 1 rings (SSSR count). The van der Waals surface area contributed by atoms with Crippen LogP contribution in [0.4, 0.5) is 5.69 Å². The molecule has 0 aliphatic carbocycles. The van der Waals surface area contributed by atoms with Gasteiger partial charge in [0, 0.05) is 15.8 Å². The van der Waals surface area contributed by atoms with Crippen molar-refractivity contribution in [2.75, 3.05) is 19.0 Å². The number of rotatable bonds is 4. The van der Waals surface area contributed by atoms with Gasteiger partial charge in [0.2, 0.25) is 0 Å². The van der Waals surface area contributed by atoms with Gasteiger partial charge in [0.25, 0.3) is 0 Å². The lowest BCUT2D eigenvalue weighted by atomic mass is 10.2. The van der Waals surface area contributed by atoms with Gasteiger partial charge in [-0.15, -0.1) is 0 Å². The molecule has 0 heterocycles. The summed E-state index contributed by atoms with van der Waals surface area (Å²) in [5.41, 5.74) is 1.03. The Balaban J connectivity index is 2.47. The van der Waals surface area contributed by atoms with Crippen LogP contribution in [0.2, 0.25) is 0 Å². The molecule has 0 bridgehead atoms. The maximum Gasteiger partial charge on any atom is 0.310 e. The van der Waals surface area contributed by atoms with Crippen molar-refractivity contribution in [2.24, 2.45) is 5.92 Å². The average Bonchev–Trinajstić information content (AvgIpc) is 2.25. The van der Waals surface area contributed by atoms with Crippen LogP contribution in [0.1, 0.15) is 6.92 Å². The minimum absolute atomic E-state index is 0.132. The van der Waals surface area contributed by atoms with Gasteiger partial charge in [0.1, 0.15) is 0 Å². The van der Waals surface area contributed by atoms with Crippen LogP contribution in [0, 0.1) is 9.49 Å². The van der Waals surface area contributed by atoms with Crippen LogP contribution in [0.25, 0.3) is 0 Å². The second kappa shape index (κ2) is 5.95. The van der Waals surface area contributed by atoms with E-state index in [1.54, 1.807) is 0 Å². The summed E-state index contributed by atoms with van der Waals surface area (Å²) >= 11 is 2.25. The van der Waals surface area contributed by atoms with Crippen molar-refractivity contribution in [2.45, 2.75) is 6.92 Å². The van der Waals surface area contributed by atoms with E-state index in [-0.39, 0.29) is 11.9 Å². The molecular formula is C11H14INO2. The SMILES string of the molecule is COC(=O)C(C)CNc1cccc(I)c1. The largest absolute Gasteiger partial charge is 0.469 e. The molecule has 82 valence electrons. The Labute approximate surface area is 103 Å². The summed E-state index contributed by atoms with van der Waals surface area (Å²) in [7, 11) is 1.41. The summed E-state index contributed by atoms with van der Waals surface area (Å²) in [6.07, 6.45) is 0. The molecule has 3 nitrogen and oxygen atoms in total.